The van der Waals surface area contributed by atoms with Crippen molar-refractivity contribution in [2.45, 2.75) is 6.54 Å². The van der Waals surface area contributed by atoms with E-state index in [0.717, 1.165) is 6.07 Å². The van der Waals surface area contributed by atoms with Crippen LogP contribution in [0.5, 0.6) is 0 Å². The fourth-order valence-electron chi connectivity index (χ4n) is 1.96. The van der Waals surface area contributed by atoms with Crippen molar-refractivity contribution in [3.63, 3.8) is 0 Å². The van der Waals surface area contributed by atoms with Crippen LogP contribution >= 0.6 is 0 Å². The predicted octanol–water partition coefficient (Wildman–Crippen LogP) is 2.60. The van der Waals surface area contributed by atoms with Crippen molar-refractivity contribution in [3.05, 3.63) is 69.3 Å². The molecule has 0 atom stereocenters. The van der Waals surface area contributed by atoms with Gasteiger partial charge in [-0.05, 0) is 23.8 Å². The highest BCUT2D eigenvalue weighted by Gasteiger charge is 2.12. The number of carbonyl (C=O) groups is 2. The third-order valence-corrected chi connectivity index (χ3v) is 3.04. The lowest BCUT2D eigenvalue weighted by atomic mass is 10.1. The summed E-state index contributed by atoms with van der Waals surface area (Å²) in [5.41, 5.74) is 0.526. The summed E-state index contributed by atoms with van der Waals surface area (Å²) in [7, 11) is 0. The lowest BCUT2D eigenvalue weighted by molar-refractivity contribution is -0.384. The smallest absolute Gasteiger partial charge is 0.335 e. The monoisotopic (exact) mass is 316 g/mol. The van der Waals surface area contributed by atoms with Gasteiger partial charge in [0.25, 0.3) is 5.69 Å². The zero-order chi connectivity index (χ0) is 17.0. The van der Waals surface area contributed by atoms with Crippen molar-refractivity contribution in [1.29, 1.82) is 0 Å². The van der Waals surface area contributed by atoms with E-state index in [9.17, 15) is 19.7 Å². The molecule has 118 valence electrons. The van der Waals surface area contributed by atoms with Gasteiger partial charge in [-0.3, -0.25) is 10.1 Å². The lowest BCUT2D eigenvalue weighted by Crippen LogP contribution is -2.06. The molecule has 0 fully saturated rings. The summed E-state index contributed by atoms with van der Waals surface area (Å²) in [5, 5.41) is 31.6. The standard InChI is InChI=1S/C15H12N2O6/c18-14(19)10-5-11(15(20)21)7-12(6-10)16-8-9-2-1-3-13(4-9)17(22)23/h1-7,16H,8H2,(H,18,19)(H,20,21). The first-order valence-corrected chi connectivity index (χ1v) is 6.45. The molecule has 2 rings (SSSR count). The maximum atomic E-state index is 11.0. The molecule has 0 bridgehead atoms. The van der Waals surface area contributed by atoms with Crippen LogP contribution in [0.25, 0.3) is 0 Å². The molecule has 0 aliphatic carbocycles. The van der Waals surface area contributed by atoms with Gasteiger partial charge in [0, 0.05) is 24.4 Å². The average Bonchev–Trinajstić information content (AvgIpc) is 2.52. The minimum absolute atomic E-state index is 0.0604. The summed E-state index contributed by atoms with van der Waals surface area (Å²) >= 11 is 0. The Morgan fingerprint density at radius 2 is 1.65 bits per heavy atom. The second kappa shape index (κ2) is 6.56. The van der Waals surface area contributed by atoms with Gasteiger partial charge in [0.15, 0.2) is 0 Å². The highest BCUT2D eigenvalue weighted by atomic mass is 16.6. The Morgan fingerprint density at radius 1 is 1.04 bits per heavy atom. The number of anilines is 1. The molecule has 0 spiro atoms. The maximum Gasteiger partial charge on any atom is 0.335 e. The summed E-state index contributed by atoms with van der Waals surface area (Å²) in [6.45, 7) is 0.184. The fourth-order valence-corrected chi connectivity index (χ4v) is 1.96. The molecule has 0 unspecified atom stereocenters. The van der Waals surface area contributed by atoms with E-state index in [1.807, 2.05) is 0 Å². The first-order valence-electron chi connectivity index (χ1n) is 6.45. The number of carboxylic acid groups (broad SMARTS) is 2. The first-order chi connectivity index (χ1) is 10.9. The highest BCUT2D eigenvalue weighted by molar-refractivity contribution is 5.95. The number of hydrogen-bond acceptors (Lipinski definition) is 5. The van der Waals surface area contributed by atoms with Crippen LogP contribution in [0.15, 0.2) is 42.5 Å². The molecule has 8 heteroatoms. The van der Waals surface area contributed by atoms with E-state index in [1.54, 1.807) is 6.07 Å². The molecule has 3 N–H and O–H groups in total. The Kier molecular flexibility index (Phi) is 4.55. The number of nitrogens with zero attached hydrogens (tertiary/aromatic N) is 1. The fraction of sp³-hybridized carbons (Fsp3) is 0.0667. The van der Waals surface area contributed by atoms with E-state index in [0.29, 0.717) is 11.3 Å². The SMILES string of the molecule is O=C(O)c1cc(NCc2cccc([N+](=O)[O-])c2)cc(C(=O)O)c1. The predicted molar refractivity (Wildman–Crippen MR) is 80.8 cm³/mol. The number of aromatic carboxylic acids is 2. The molecule has 0 aliphatic rings. The summed E-state index contributed by atoms with van der Waals surface area (Å²) in [6, 6.07) is 9.59. The largest absolute Gasteiger partial charge is 0.478 e. The Hall–Kier alpha value is -3.42. The Labute approximate surface area is 130 Å². The van der Waals surface area contributed by atoms with Crippen molar-refractivity contribution < 1.29 is 24.7 Å². The molecule has 0 aromatic heterocycles. The summed E-state index contributed by atoms with van der Waals surface area (Å²) < 4.78 is 0. The quantitative estimate of drug-likeness (QED) is 0.551. The number of nitro groups is 1. The van der Waals surface area contributed by atoms with Gasteiger partial charge in [-0.25, -0.2) is 9.59 Å². The summed E-state index contributed by atoms with van der Waals surface area (Å²) in [5.74, 6) is -2.49. The zero-order valence-corrected chi connectivity index (χ0v) is 11.7. The van der Waals surface area contributed by atoms with Gasteiger partial charge in [0.2, 0.25) is 0 Å². The van der Waals surface area contributed by atoms with E-state index in [4.69, 9.17) is 10.2 Å². The molecular weight excluding hydrogens is 304 g/mol. The number of nitrogens with one attached hydrogen (secondary N) is 1. The van der Waals surface area contributed by atoms with Crippen molar-refractivity contribution in [2.24, 2.45) is 0 Å². The topological polar surface area (TPSA) is 130 Å². The van der Waals surface area contributed by atoms with Crippen molar-refractivity contribution in [1.82, 2.24) is 0 Å². The number of benzene rings is 2. The number of hydrogen-bond donors (Lipinski definition) is 3. The van der Waals surface area contributed by atoms with Gasteiger partial charge in [0.05, 0.1) is 16.1 Å². The van der Waals surface area contributed by atoms with Crippen LogP contribution in [0.1, 0.15) is 26.3 Å². The van der Waals surface area contributed by atoms with Crippen LogP contribution in [0.4, 0.5) is 11.4 Å². The van der Waals surface area contributed by atoms with E-state index in [-0.39, 0.29) is 23.4 Å². The number of rotatable bonds is 6. The highest BCUT2D eigenvalue weighted by Crippen LogP contribution is 2.18. The van der Waals surface area contributed by atoms with Gasteiger partial charge in [0.1, 0.15) is 0 Å². The molecule has 23 heavy (non-hydrogen) atoms. The molecule has 0 radical (unpaired) electrons. The average molecular weight is 316 g/mol. The van der Waals surface area contributed by atoms with Gasteiger partial charge in [-0.1, -0.05) is 12.1 Å². The Balaban J connectivity index is 2.23. The van der Waals surface area contributed by atoms with Crippen molar-refractivity contribution in [2.75, 3.05) is 5.32 Å². The maximum absolute atomic E-state index is 11.0. The van der Waals surface area contributed by atoms with Gasteiger partial charge in [-0.2, -0.15) is 0 Å². The van der Waals surface area contributed by atoms with E-state index >= 15 is 0 Å². The molecule has 2 aromatic carbocycles. The van der Waals surface area contributed by atoms with Gasteiger partial charge < -0.3 is 15.5 Å². The minimum Gasteiger partial charge on any atom is -0.478 e. The third kappa shape index (κ3) is 4.03. The van der Waals surface area contributed by atoms with Crippen LogP contribution in [0.3, 0.4) is 0 Å². The van der Waals surface area contributed by atoms with E-state index in [2.05, 4.69) is 5.32 Å². The van der Waals surface area contributed by atoms with Crippen LogP contribution in [0, 0.1) is 10.1 Å². The minimum atomic E-state index is -1.24. The molecule has 0 saturated heterocycles. The molecule has 0 heterocycles. The lowest BCUT2D eigenvalue weighted by Gasteiger charge is -2.09. The molecular formula is C15H12N2O6. The molecule has 0 aliphatic heterocycles. The second-order valence-corrected chi connectivity index (χ2v) is 4.69. The van der Waals surface area contributed by atoms with Crippen LogP contribution < -0.4 is 5.32 Å². The number of carboxylic acids is 2. The molecule has 0 amide bonds. The first kappa shape index (κ1) is 16.0. The molecule has 2 aromatic rings. The third-order valence-electron chi connectivity index (χ3n) is 3.04. The van der Waals surface area contributed by atoms with E-state index in [1.165, 1.54) is 30.3 Å². The number of non-ortho nitro benzene ring substituents is 1. The summed E-state index contributed by atoms with van der Waals surface area (Å²) in [6.07, 6.45) is 0. The van der Waals surface area contributed by atoms with Crippen LogP contribution in [0.2, 0.25) is 0 Å². The van der Waals surface area contributed by atoms with Crippen molar-refractivity contribution >= 4 is 23.3 Å². The molecule has 0 saturated carbocycles. The molecule has 8 nitrogen and oxygen atoms in total. The van der Waals surface area contributed by atoms with E-state index < -0.39 is 16.9 Å². The zero-order valence-electron chi connectivity index (χ0n) is 11.7. The summed E-state index contributed by atoms with van der Waals surface area (Å²) in [4.78, 5) is 32.3. The van der Waals surface area contributed by atoms with Gasteiger partial charge in [-0.15, -0.1) is 0 Å². The second-order valence-electron chi connectivity index (χ2n) is 4.69. The normalized spacial score (nSPS) is 10.1. The van der Waals surface area contributed by atoms with Crippen LogP contribution in [-0.2, 0) is 6.54 Å². The van der Waals surface area contributed by atoms with Crippen LogP contribution in [-0.4, -0.2) is 27.1 Å². The Morgan fingerprint density at radius 3 is 2.17 bits per heavy atom. The van der Waals surface area contributed by atoms with Crippen molar-refractivity contribution in [3.8, 4) is 0 Å². The van der Waals surface area contributed by atoms with Gasteiger partial charge >= 0.3 is 11.9 Å². The number of nitro benzene ring substituents is 1. The Bertz CT molecular complexity index is 755.